The summed E-state index contributed by atoms with van der Waals surface area (Å²) in [6, 6.07) is 5.40. The van der Waals surface area contributed by atoms with Crippen LogP contribution in [-0.4, -0.2) is 38.1 Å². The van der Waals surface area contributed by atoms with Crippen molar-refractivity contribution in [2.45, 2.75) is 24.8 Å². The van der Waals surface area contributed by atoms with Crippen LogP contribution in [0.3, 0.4) is 0 Å². The summed E-state index contributed by atoms with van der Waals surface area (Å²) in [5.41, 5.74) is 6.78. The highest BCUT2D eigenvalue weighted by Gasteiger charge is 2.30. The smallest absolute Gasteiger partial charge is 0.190 e. The summed E-state index contributed by atoms with van der Waals surface area (Å²) in [7, 11) is 5.21. The van der Waals surface area contributed by atoms with E-state index in [1.54, 1.807) is 17.0 Å². The van der Waals surface area contributed by atoms with Gasteiger partial charge in [0.15, 0.2) is 17.5 Å². The summed E-state index contributed by atoms with van der Waals surface area (Å²) in [5.74, 6) is 0.891. The first kappa shape index (κ1) is 13.6. The molecule has 2 N–H and O–H groups in total. The maximum absolute atomic E-state index is 13.6. The molecule has 19 heavy (non-hydrogen) atoms. The van der Waals surface area contributed by atoms with Crippen LogP contribution >= 0.6 is 0 Å². The van der Waals surface area contributed by atoms with E-state index in [-0.39, 0.29) is 17.6 Å². The first-order valence-corrected chi connectivity index (χ1v) is 6.35. The molecule has 0 aliphatic heterocycles. The van der Waals surface area contributed by atoms with Crippen LogP contribution in [0.15, 0.2) is 23.2 Å². The third-order valence-electron chi connectivity index (χ3n) is 3.53. The second-order valence-corrected chi connectivity index (χ2v) is 5.10. The van der Waals surface area contributed by atoms with Crippen LogP contribution in [0, 0.1) is 5.82 Å². The maximum atomic E-state index is 13.6. The topological polar surface area (TPSA) is 50.9 Å². The lowest BCUT2D eigenvalue weighted by Crippen LogP contribution is -2.35. The second kappa shape index (κ2) is 5.47. The van der Waals surface area contributed by atoms with E-state index in [9.17, 15) is 4.39 Å². The Labute approximate surface area is 113 Å². The number of methoxy groups -OCH3 is 1. The molecule has 0 spiro atoms. The Bertz CT molecular complexity index is 482. The highest BCUT2D eigenvalue weighted by atomic mass is 19.1. The molecule has 0 amide bonds. The van der Waals surface area contributed by atoms with Gasteiger partial charge in [0.05, 0.1) is 13.2 Å². The molecule has 1 aromatic carbocycles. The van der Waals surface area contributed by atoms with Crippen LogP contribution in [0.5, 0.6) is 5.75 Å². The monoisotopic (exact) mass is 265 g/mol. The minimum Gasteiger partial charge on any atom is -0.494 e. The van der Waals surface area contributed by atoms with Gasteiger partial charge < -0.3 is 15.4 Å². The van der Waals surface area contributed by atoms with Gasteiger partial charge in [-0.3, -0.25) is 0 Å². The van der Waals surface area contributed by atoms with Crippen molar-refractivity contribution in [3.63, 3.8) is 0 Å². The molecule has 0 unspecified atom stereocenters. The molecule has 5 heteroatoms. The Morgan fingerprint density at radius 1 is 1.42 bits per heavy atom. The fourth-order valence-electron chi connectivity index (χ4n) is 2.20. The van der Waals surface area contributed by atoms with Gasteiger partial charge in [0.25, 0.3) is 0 Å². The summed E-state index contributed by atoms with van der Waals surface area (Å²) >= 11 is 0. The zero-order valence-electron chi connectivity index (χ0n) is 11.6. The van der Waals surface area contributed by atoms with Gasteiger partial charge in [-0.1, -0.05) is 6.07 Å². The highest BCUT2D eigenvalue weighted by molar-refractivity contribution is 5.77. The van der Waals surface area contributed by atoms with Crippen LogP contribution in [0.1, 0.15) is 24.3 Å². The van der Waals surface area contributed by atoms with Gasteiger partial charge in [-0.25, -0.2) is 9.38 Å². The summed E-state index contributed by atoms with van der Waals surface area (Å²) in [6.07, 6.45) is 1.83. The van der Waals surface area contributed by atoms with Crippen molar-refractivity contribution in [2.24, 2.45) is 10.7 Å². The number of hydrogen-bond donors (Lipinski definition) is 1. The van der Waals surface area contributed by atoms with Crippen LogP contribution in [-0.2, 0) is 0 Å². The van der Waals surface area contributed by atoms with Crippen molar-refractivity contribution in [3.05, 3.63) is 29.6 Å². The molecule has 0 atom stereocenters. The van der Waals surface area contributed by atoms with Gasteiger partial charge >= 0.3 is 0 Å². The number of benzene rings is 1. The van der Waals surface area contributed by atoms with E-state index >= 15 is 0 Å². The largest absolute Gasteiger partial charge is 0.494 e. The van der Waals surface area contributed by atoms with Gasteiger partial charge in [0, 0.05) is 14.1 Å². The SMILES string of the molecule is COc1ccc(C2CC(N=C(N)N(C)C)C2)cc1F. The zero-order valence-corrected chi connectivity index (χ0v) is 11.6. The third kappa shape index (κ3) is 2.97. The summed E-state index contributed by atoms with van der Waals surface area (Å²) in [4.78, 5) is 6.21. The van der Waals surface area contributed by atoms with Crippen LogP contribution < -0.4 is 10.5 Å². The third-order valence-corrected chi connectivity index (χ3v) is 3.53. The Kier molecular flexibility index (Phi) is 3.93. The minimum absolute atomic E-state index is 0.248. The van der Waals surface area contributed by atoms with Crippen molar-refractivity contribution < 1.29 is 9.13 Å². The number of ether oxygens (including phenoxy) is 1. The van der Waals surface area contributed by atoms with Crippen LogP contribution in [0.2, 0.25) is 0 Å². The molecule has 1 saturated carbocycles. The van der Waals surface area contributed by atoms with Crippen molar-refractivity contribution in [1.82, 2.24) is 4.90 Å². The Morgan fingerprint density at radius 2 is 2.11 bits per heavy atom. The number of hydrogen-bond acceptors (Lipinski definition) is 2. The fraction of sp³-hybridized carbons (Fsp3) is 0.500. The van der Waals surface area contributed by atoms with Crippen molar-refractivity contribution in [2.75, 3.05) is 21.2 Å². The Hall–Kier alpha value is -1.78. The molecule has 1 aliphatic rings. The predicted molar refractivity (Wildman–Crippen MR) is 74.0 cm³/mol. The first-order chi connectivity index (χ1) is 9.01. The summed E-state index contributed by atoms with van der Waals surface area (Å²) in [6.45, 7) is 0. The molecular weight excluding hydrogens is 245 g/mol. The standard InChI is InChI=1S/C14H20FN3O/c1-18(2)14(16)17-11-6-10(7-11)9-4-5-13(19-3)12(15)8-9/h4-5,8,10-11H,6-7H2,1-3H3,(H2,16,17). The first-order valence-electron chi connectivity index (χ1n) is 6.35. The lowest BCUT2D eigenvalue weighted by Gasteiger charge is -2.33. The summed E-state index contributed by atoms with van der Waals surface area (Å²) in [5, 5.41) is 0. The lowest BCUT2D eigenvalue weighted by molar-refractivity contribution is 0.346. The van der Waals surface area contributed by atoms with E-state index in [1.165, 1.54) is 7.11 Å². The number of guanidine groups is 1. The molecule has 104 valence electrons. The van der Waals surface area contributed by atoms with E-state index in [1.807, 2.05) is 20.2 Å². The highest BCUT2D eigenvalue weighted by Crippen LogP contribution is 2.39. The van der Waals surface area contributed by atoms with E-state index in [2.05, 4.69) is 4.99 Å². The van der Waals surface area contributed by atoms with Crippen molar-refractivity contribution in [1.29, 1.82) is 0 Å². The van der Waals surface area contributed by atoms with E-state index < -0.39 is 0 Å². The molecule has 0 saturated heterocycles. The molecule has 1 aromatic rings. The molecular formula is C14H20FN3O. The molecule has 1 aliphatic carbocycles. The second-order valence-electron chi connectivity index (χ2n) is 5.10. The van der Waals surface area contributed by atoms with E-state index in [0.29, 0.717) is 11.9 Å². The molecule has 0 bridgehead atoms. The van der Waals surface area contributed by atoms with E-state index in [4.69, 9.17) is 10.5 Å². The fourth-order valence-corrected chi connectivity index (χ4v) is 2.20. The minimum atomic E-state index is -0.306. The number of nitrogens with two attached hydrogens (primary N) is 1. The van der Waals surface area contributed by atoms with Gasteiger partial charge in [0.2, 0.25) is 0 Å². The number of aliphatic imine (C=N–C) groups is 1. The molecule has 2 rings (SSSR count). The number of rotatable bonds is 3. The average molecular weight is 265 g/mol. The average Bonchev–Trinajstić information content (AvgIpc) is 2.32. The molecule has 0 aromatic heterocycles. The maximum Gasteiger partial charge on any atom is 0.190 e. The van der Waals surface area contributed by atoms with Gasteiger partial charge in [-0.2, -0.15) is 0 Å². The zero-order chi connectivity index (χ0) is 14.0. The normalized spacial score (nSPS) is 22.8. The molecule has 0 heterocycles. The van der Waals surface area contributed by atoms with E-state index in [0.717, 1.165) is 18.4 Å². The Morgan fingerprint density at radius 3 is 2.63 bits per heavy atom. The lowest BCUT2D eigenvalue weighted by atomic mass is 9.76. The Balaban J connectivity index is 1.97. The van der Waals surface area contributed by atoms with Crippen molar-refractivity contribution in [3.8, 4) is 5.75 Å². The number of nitrogens with zero attached hydrogens (tertiary/aromatic N) is 2. The van der Waals surface area contributed by atoms with Gasteiger partial charge in [-0.05, 0) is 36.5 Å². The van der Waals surface area contributed by atoms with Crippen LogP contribution in [0.4, 0.5) is 4.39 Å². The molecule has 1 fully saturated rings. The van der Waals surface area contributed by atoms with Crippen LogP contribution in [0.25, 0.3) is 0 Å². The molecule has 4 nitrogen and oxygen atoms in total. The summed E-state index contributed by atoms with van der Waals surface area (Å²) < 4.78 is 18.5. The van der Waals surface area contributed by atoms with Gasteiger partial charge in [0.1, 0.15) is 0 Å². The quantitative estimate of drug-likeness (QED) is 0.671. The van der Waals surface area contributed by atoms with Crippen molar-refractivity contribution >= 4 is 5.96 Å². The van der Waals surface area contributed by atoms with Gasteiger partial charge in [-0.15, -0.1) is 0 Å². The predicted octanol–water partition coefficient (Wildman–Crippen LogP) is 1.96. The molecule has 0 radical (unpaired) electrons. The number of halogens is 1.